The van der Waals surface area contributed by atoms with Gasteiger partial charge in [0.1, 0.15) is 18.2 Å². The van der Waals surface area contributed by atoms with Crippen molar-refractivity contribution in [1.29, 1.82) is 0 Å². The molecule has 1 N–H and O–H groups in total. The molecule has 2 nitrogen and oxygen atoms in total. The SMILES string of the molecule is CCNC(COc1ccccc1)Cc1ccc(F)c(Cl)c1. The Kier molecular flexibility index (Phi) is 6.03. The van der Waals surface area contributed by atoms with E-state index in [9.17, 15) is 4.39 Å². The van der Waals surface area contributed by atoms with Crippen molar-refractivity contribution in [2.45, 2.75) is 19.4 Å². The first-order valence-electron chi connectivity index (χ1n) is 7.04. The minimum Gasteiger partial charge on any atom is -0.492 e. The highest BCUT2D eigenvalue weighted by Gasteiger charge is 2.11. The molecule has 0 saturated heterocycles. The first-order chi connectivity index (χ1) is 10.2. The number of likely N-dealkylation sites (N-methyl/N-ethyl adjacent to an activating group) is 1. The Labute approximate surface area is 129 Å². The van der Waals surface area contributed by atoms with Crippen molar-refractivity contribution in [3.63, 3.8) is 0 Å². The fourth-order valence-electron chi connectivity index (χ4n) is 2.14. The Morgan fingerprint density at radius 2 is 1.95 bits per heavy atom. The van der Waals surface area contributed by atoms with E-state index in [0.29, 0.717) is 6.61 Å². The van der Waals surface area contributed by atoms with E-state index in [-0.39, 0.29) is 16.9 Å². The number of hydrogen-bond acceptors (Lipinski definition) is 2. The van der Waals surface area contributed by atoms with Gasteiger partial charge in [-0.1, -0.05) is 42.8 Å². The summed E-state index contributed by atoms with van der Waals surface area (Å²) in [6.07, 6.45) is 0.737. The summed E-state index contributed by atoms with van der Waals surface area (Å²) in [5.41, 5.74) is 0.990. The predicted molar refractivity (Wildman–Crippen MR) is 84.5 cm³/mol. The molecule has 2 aromatic carbocycles. The molecule has 0 aliphatic carbocycles. The van der Waals surface area contributed by atoms with Gasteiger partial charge in [0.2, 0.25) is 0 Å². The Bertz CT molecular complexity index is 562. The predicted octanol–water partition coefficient (Wildman–Crippen LogP) is 4.08. The van der Waals surface area contributed by atoms with E-state index in [4.69, 9.17) is 16.3 Å². The van der Waals surface area contributed by atoms with Gasteiger partial charge in [-0.2, -0.15) is 0 Å². The van der Waals surface area contributed by atoms with Gasteiger partial charge in [-0.15, -0.1) is 0 Å². The quantitative estimate of drug-likeness (QED) is 0.832. The number of para-hydroxylation sites is 1. The maximum atomic E-state index is 13.2. The van der Waals surface area contributed by atoms with Crippen LogP contribution in [0.2, 0.25) is 5.02 Å². The van der Waals surface area contributed by atoms with E-state index >= 15 is 0 Å². The van der Waals surface area contributed by atoms with Gasteiger partial charge in [-0.25, -0.2) is 4.39 Å². The Morgan fingerprint density at radius 1 is 1.19 bits per heavy atom. The standard InChI is InChI=1S/C17H19ClFNO/c1-2-20-14(12-21-15-6-4-3-5-7-15)10-13-8-9-17(19)16(18)11-13/h3-9,11,14,20H,2,10,12H2,1H3. The van der Waals surface area contributed by atoms with E-state index in [2.05, 4.69) is 5.32 Å². The lowest BCUT2D eigenvalue weighted by molar-refractivity contribution is 0.265. The minimum atomic E-state index is -0.388. The third-order valence-electron chi connectivity index (χ3n) is 3.15. The molecule has 0 heterocycles. The number of halogens is 2. The molecule has 0 spiro atoms. The van der Waals surface area contributed by atoms with E-state index in [1.54, 1.807) is 12.1 Å². The van der Waals surface area contributed by atoms with Crippen LogP contribution >= 0.6 is 11.6 Å². The first kappa shape index (κ1) is 15.8. The third-order valence-corrected chi connectivity index (χ3v) is 3.44. The van der Waals surface area contributed by atoms with E-state index in [1.807, 2.05) is 37.3 Å². The highest BCUT2D eigenvalue weighted by molar-refractivity contribution is 6.30. The largest absolute Gasteiger partial charge is 0.492 e. The number of ether oxygens (including phenoxy) is 1. The molecule has 0 aliphatic rings. The maximum absolute atomic E-state index is 13.2. The lowest BCUT2D eigenvalue weighted by Crippen LogP contribution is -2.36. The highest BCUT2D eigenvalue weighted by Crippen LogP contribution is 2.17. The van der Waals surface area contributed by atoms with Gasteiger partial charge >= 0.3 is 0 Å². The van der Waals surface area contributed by atoms with Crippen LogP contribution < -0.4 is 10.1 Å². The van der Waals surface area contributed by atoms with Gasteiger partial charge in [0.25, 0.3) is 0 Å². The van der Waals surface area contributed by atoms with Gasteiger partial charge in [0.15, 0.2) is 0 Å². The molecule has 0 bridgehead atoms. The van der Waals surface area contributed by atoms with Gasteiger partial charge in [0.05, 0.1) is 5.02 Å². The van der Waals surface area contributed by atoms with Crippen LogP contribution in [-0.2, 0) is 6.42 Å². The van der Waals surface area contributed by atoms with Crippen LogP contribution in [0.25, 0.3) is 0 Å². The number of rotatable bonds is 7. The van der Waals surface area contributed by atoms with E-state index < -0.39 is 0 Å². The summed E-state index contributed by atoms with van der Waals surface area (Å²) in [7, 11) is 0. The second-order valence-corrected chi connectivity index (χ2v) is 5.24. The topological polar surface area (TPSA) is 21.3 Å². The lowest BCUT2D eigenvalue weighted by Gasteiger charge is -2.19. The fraction of sp³-hybridized carbons (Fsp3) is 0.294. The second kappa shape index (κ2) is 8.01. The van der Waals surface area contributed by atoms with Gasteiger partial charge in [-0.05, 0) is 42.8 Å². The summed E-state index contributed by atoms with van der Waals surface area (Å²) >= 11 is 5.82. The summed E-state index contributed by atoms with van der Waals surface area (Å²) in [4.78, 5) is 0. The van der Waals surface area contributed by atoms with Gasteiger partial charge in [0, 0.05) is 6.04 Å². The Morgan fingerprint density at radius 3 is 2.62 bits per heavy atom. The molecule has 0 fully saturated rings. The number of nitrogens with one attached hydrogen (secondary N) is 1. The zero-order valence-corrected chi connectivity index (χ0v) is 12.7. The first-order valence-corrected chi connectivity index (χ1v) is 7.42. The molecule has 2 aromatic rings. The summed E-state index contributed by atoms with van der Waals surface area (Å²) < 4.78 is 19.0. The van der Waals surface area contributed by atoms with Gasteiger partial charge < -0.3 is 10.1 Å². The average molecular weight is 308 g/mol. The highest BCUT2D eigenvalue weighted by atomic mass is 35.5. The van der Waals surface area contributed by atoms with Crippen LogP contribution in [0.1, 0.15) is 12.5 Å². The van der Waals surface area contributed by atoms with Crippen molar-refractivity contribution in [3.05, 3.63) is 64.9 Å². The number of hydrogen-bond donors (Lipinski definition) is 1. The molecule has 0 amide bonds. The molecule has 0 radical (unpaired) electrons. The second-order valence-electron chi connectivity index (χ2n) is 4.83. The zero-order valence-electron chi connectivity index (χ0n) is 12.0. The Hall–Kier alpha value is -1.58. The zero-order chi connectivity index (χ0) is 15.1. The van der Waals surface area contributed by atoms with Crippen LogP contribution in [0, 0.1) is 5.82 Å². The van der Waals surface area contributed by atoms with Crippen molar-refractivity contribution in [2.24, 2.45) is 0 Å². The molecule has 4 heteroatoms. The monoisotopic (exact) mass is 307 g/mol. The van der Waals surface area contributed by atoms with E-state index in [1.165, 1.54) is 6.07 Å². The lowest BCUT2D eigenvalue weighted by atomic mass is 10.1. The number of benzene rings is 2. The van der Waals surface area contributed by atoms with Crippen LogP contribution in [0.15, 0.2) is 48.5 Å². The molecular weight excluding hydrogens is 289 g/mol. The molecule has 21 heavy (non-hydrogen) atoms. The van der Waals surface area contributed by atoms with Crippen LogP contribution in [0.4, 0.5) is 4.39 Å². The van der Waals surface area contributed by atoms with Crippen molar-refractivity contribution in [3.8, 4) is 5.75 Å². The van der Waals surface area contributed by atoms with Crippen molar-refractivity contribution < 1.29 is 9.13 Å². The summed E-state index contributed by atoms with van der Waals surface area (Å²) in [5.74, 6) is 0.457. The van der Waals surface area contributed by atoms with Crippen LogP contribution in [0.3, 0.4) is 0 Å². The maximum Gasteiger partial charge on any atom is 0.141 e. The van der Waals surface area contributed by atoms with Crippen LogP contribution in [-0.4, -0.2) is 19.2 Å². The van der Waals surface area contributed by atoms with Crippen molar-refractivity contribution >= 4 is 11.6 Å². The fourth-order valence-corrected chi connectivity index (χ4v) is 2.35. The molecule has 0 aromatic heterocycles. The molecule has 1 unspecified atom stereocenters. The molecular formula is C17H19ClFNO. The van der Waals surface area contributed by atoms with E-state index in [0.717, 1.165) is 24.3 Å². The third kappa shape index (κ3) is 5.03. The van der Waals surface area contributed by atoms with Crippen LogP contribution in [0.5, 0.6) is 5.75 Å². The van der Waals surface area contributed by atoms with Crippen molar-refractivity contribution in [2.75, 3.05) is 13.2 Å². The minimum absolute atomic E-state index is 0.150. The Balaban J connectivity index is 1.96. The normalized spacial score (nSPS) is 12.1. The average Bonchev–Trinajstić information content (AvgIpc) is 2.50. The smallest absolute Gasteiger partial charge is 0.141 e. The molecule has 2 rings (SSSR count). The van der Waals surface area contributed by atoms with Gasteiger partial charge in [-0.3, -0.25) is 0 Å². The summed E-state index contributed by atoms with van der Waals surface area (Å²) in [6.45, 7) is 3.44. The molecule has 0 saturated carbocycles. The molecule has 1 atom stereocenters. The summed E-state index contributed by atoms with van der Waals surface area (Å²) in [5, 5.41) is 3.53. The summed E-state index contributed by atoms with van der Waals surface area (Å²) in [6, 6.07) is 14.7. The van der Waals surface area contributed by atoms with Crippen molar-refractivity contribution in [1.82, 2.24) is 5.32 Å². The molecule has 112 valence electrons. The molecule has 0 aliphatic heterocycles.